The first kappa shape index (κ1) is 11.2. The van der Waals surface area contributed by atoms with E-state index in [1.54, 1.807) is 0 Å². The molecule has 0 bridgehead atoms. The molecule has 1 heterocycles. The largest absolute Gasteiger partial charge is 0.389 e. The molecule has 16 heavy (non-hydrogen) atoms. The predicted octanol–water partition coefficient (Wildman–Crippen LogP) is 1.44. The highest BCUT2D eigenvalue weighted by Gasteiger charge is 2.30. The minimum absolute atomic E-state index is 0.195. The lowest BCUT2D eigenvalue weighted by molar-refractivity contribution is -0.107. The van der Waals surface area contributed by atoms with E-state index in [-0.39, 0.29) is 5.60 Å². The number of nitrogens with two attached hydrogens (primary N) is 1. The summed E-state index contributed by atoms with van der Waals surface area (Å²) in [5, 5.41) is 11.7. The molecular formula is C12H15N2OS+. The summed E-state index contributed by atoms with van der Waals surface area (Å²) in [5.74, 6) is 0. The van der Waals surface area contributed by atoms with Gasteiger partial charge in [0.15, 0.2) is 0 Å². The van der Waals surface area contributed by atoms with Crippen LogP contribution in [0.5, 0.6) is 0 Å². The van der Waals surface area contributed by atoms with Crippen molar-refractivity contribution in [2.75, 3.05) is 0 Å². The van der Waals surface area contributed by atoms with Crippen molar-refractivity contribution in [1.29, 1.82) is 0 Å². The molecular weight excluding hydrogens is 220 g/mol. The van der Waals surface area contributed by atoms with Gasteiger partial charge < -0.3 is 4.84 Å². The molecule has 1 aliphatic rings. The summed E-state index contributed by atoms with van der Waals surface area (Å²) in [6.07, 6.45) is 0.811. The van der Waals surface area contributed by atoms with Crippen LogP contribution < -0.4 is 5.41 Å². The van der Waals surface area contributed by atoms with Crippen LogP contribution in [0.15, 0.2) is 35.5 Å². The molecule has 3 nitrogen and oxygen atoms in total. The Kier molecular flexibility index (Phi) is 3.01. The number of hydrogen-bond donors (Lipinski definition) is 1. The van der Waals surface area contributed by atoms with E-state index in [2.05, 4.69) is 5.16 Å². The Balaban J connectivity index is 2.00. The van der Waals surface area contributed by atoms with Crippen LogP contribution in [-0.2, 0) is 4.84 Å². The van der Waals surface area contributed by atoms with Gasteiger partial charge in [-0.2, -0.15) is 0 Å². The average molecular weight is 235 g/mol. The molecule has 0 amide bonds. The third kappa shape index (κ3) is 2.64. The standard InChI is InChI=1S/C12H14N2OS/c1-12(2)8-10(14-15-12)16-11(13)9-6-4-3-5-7-9/h3-7,13H,8H2,1-2H3/p+1. The normalized spacial score (nSPS) is 17.8. The van der Waals surface area contributed by atoms with Crippen LogP contribution in [0.3, 0.4) is 0 Å². The van der Waals surface area contributed by atoms with Crippen molar-refractivity contribution in [2.24, 2.45) is 5.16 Å². The quantitative estimate of drug-likeness (QED) is 0.591. The van der Waals surface area contributed by atoms with Gasteiger partial charge in [-0.15, -0.1) is 0 Å². The fourth-order valence-electron chi connectivity index (χ4n) is 1.45. The molecule has 0 spiro atoms. The average Bonchev–Trinajstić information content (AvgIpc) is 2.59. The molecule has 0 aromatic heterocycles. The van der Waals surface area contributed by atoms with E-state index in [0.29, 0.717) is 0 Å². The highest BCUT2D eigenvalue weighted by Crippen LogP contribution is 2.28. The second kappa shape index (κ2) is 4.29. The van der Waals surface area contributed by atoms with Crippen LogP contribution in [0.25, 0.3) is 0 Å². The van der Waals surface area contributed by atoms with E-state index in [0.717, 1.165) is 22.1 Å². The van der Waals surface area contributed by atoms with Crippen LogP contribution >= 0.6 is 11.8 Å². The topological polar surface area (TPSA) is 47.2 Å². The molecule has 4 heteroatoms. The Bertz CT molecular complexity index is 426. The summed E-state index contributed by atoms with van der Waals surface area (Å²) in [4.78, 5) is 5.29. The number of rotatable bonds is 1. The summed E-state index contributed by atoms with van der Waals surface area (Å²) in [7, 11) is 0. The van der Waals surface area contributed by atoms with Gasteiger partial charge in [0.1, 0.15) is 10.6 Å². The van der Waals surface area contributed by atoms with Gasteiger partial charge in [-0.25, -0.2) is 5.41 Å². The van der Waals surface area contributed by atoms with E-state index >= 15 is 0 Å². The van der Waals surface area contributed by atoms with Crippen molar-refractivity contribution in [2.45, 2.75) is 25.9 Å². The summed E-state index contributed by atoms with van der Waals surface area (Å²) in [5.41, 5.74) is 0.833. The number of benzene rings is 1. The number of hydrogen-bond acceptors (Lipinski definition) is 3. The van der Waals surface area contributed by atoms with Gasteiger partial charge in [-0.3, -0.25) is 0 Å². The Hall–Kier alpha value is -1.29. The SMILES string of the molecule is CC1(C)CC(SC(=[NH2+])c2ccccc2)=NO1. The zero-order valence-corrected chi connectivity index (χ0v) is 10.3. The minimum atomic E-state index is -0.195. The maximum Gasteiger partial charge on any atom is 0.244 e. The van der Waals surface area contributed by atoms with E-state index in [9.17, 15) is 0 Å². The Morgan fingerprint density at radius 3 is 2.62 bits per heavy atom. The first-order valence-electron chi connectivity index (χ1n) is 5.18. The molecule has 1 aliphatic heterocycles. The molecule has 0 aliphatic carbocycles. The van der Waals surface area contributed by atoms with Crippen LogP contribution in [0.2, 0.25) is 0 Å². The fourth-order valence-corrected chi connectivity index (χ4v) is 2.45. The lowest BCUT2D eigenvalue weighted by Gasteiger charge is -2.12. The summed E-state index contributed by atoms with van der Waals surface area (Å²) in [6.45, 7) is 4.03. The lowest BCUT2D eigenvalue weighted by atomic mass is 10.1. The van der Waals surface area contributed by atoms with Crippen molar-refractivity contribution in [3.8, 4) is 0 Å². The van der Waals surface area contributed by atoms with Crippen molar-refractivity contribution in [3.63, 3.8) is 0 Å². The molecule has 1 aromatic carbocycles. The van der Waals surface area contributed by atoms with Crippen LogP contribution in [0.1, 0.15) is 25.8 Å². The van der Waals surface area contributed by atoms with Gasteiger partial charge in [0, 0.05) is 6.42 Å². The van der Waals surface area contributed by atoms with Gasteiger partial charge in [0.05, 0.1) is 5.56 Å². The summed E-state index contributed by atoms with van der Waals surface area (Å²) < 4.78 is 0. The van der Waals surface area contributed by atoms with Crippen LogP contribution in [-0.4, -0.2) is 15.7 Å². The van der Waals surface area contributed by atoms with Crippen molar-refractivity contribution >= 4 is 21.8 Å². The van der Waals surface area contributed by atoms with Crippen molar-refractivity contribution in [3.05, 3.63) is 35.9 Å². The maximum atomic E-state index is 6.01. The van der Waals surface area contributed by atoms with E-state index < -0.39 is 0 Å². The van der Waals surface area contributed by atoms with E-state index in [4.69, 9.17) is 10.2 Å². The van der Waals surface area contributed by atoms with Gasteiger partial charge >= 0.3 is 0 Å². The Labute approximate surface area is 99.4 Å². The lowest BCUT2D eigenvalue weighted by Crippen LogP contribution is -2.38. The zero-order valence-electron chi connectivity index (χ0n) is 9.43. The monoisotopic (exact) mass is 235 g/mol. The predicted molar refractivity (Wildman–Crippen MR) is 67.3 cm³/mol. The zero-order chi connectivity index (χ0) is 11.6. The molecule has 1 aromatic rings. The Morgan fingerprint density at radius 1 is 1.38 bits per heavy atom. The smallest absolute Gasteiger partial charge is 0.244 e. The third-order valence-corrected chi connectivity index (χ3v) is 3.17. The first-order valence-corrected chi connectivity index (χ1v) is 5.99. The molecule has 2 rings (SSSR count). The van der Waals surface area contributed by atoms with Gasteiger partial charge in [0.2, 0.25) is 5.04 Å². The molecule has 0 atom stereocenters. The first-order chi connectivity index (χ1) is 7.57. The highest BCUT2D eigenvalue weighted by molar-refractivity contribution is 8.26. The minimum Gasteiger partial charge on any atom is -0.389 e. The summed E-state index contributed by atoms with van der Waals surface area (Å²) >= 11 is 1.48. The third-order valence-electron chi connectivity index (χ3n) is 2.26. The number of thioether (sulfide) groups is 1. The molecule has 0 unspecified atom stereocenters. The molecule has 0 radical (unpaired) electrons. The van der Waals surface area contributed by atoms with Crippen molar-refractivity contribution < 1.29 is 10.2 Å². The molecule has 0 saturated carbocycles. The van der Waals surface area contributed by atoms with Crippen LogP contribution in [0.4, 0.5) is 0 Å². The van der Waals surface area contributed by atoms with E-state index in [1.807, 2.05) is 44.2 Å². The second-order valence-electron chi connectivity index (χ2n) is 4.35. The van der Waals surface area contributed by atoms with Crippen LogP contribution in [0, 0.1) is 0 Å². The van der Waals surface area contributed by atoms with Gasteiger partial charge in [-0.1, -0.05) is 23.4 Å². The molecule has 84 valence electrons. The molecule has 2 N–H and O–H groups in total. The number of oxime groups is 1. The van der Waals surface area contributed by atoms with Gasteiger partial charge in [-0.05, 0) is 37.7 Å². The molecule has 0 saturated heterocycles. The van der Waals surface area contributed by atoms with Crippen molar-refractivity contribution in [1.82, 2.24) is 0 Å². The highest BCUT2D eigenvalue weighted by atomic mass is 32.2. The second-order valence-corrected chi connectivity index (χ2v) is 5.46. The Morgan fingerprint density at radius 2 is 2.06 bits per heavy atom. The fraction of sp³-hybridized carbons (Fsp3) is 0.333. The maximum absolute atomic E-state index is 6.01. The number of nitrogens with zero attached hydrogens (tertiary/aromatic N) is 1. The van der Waals surface area contributed by atoms with Gasteiger partial charge in [0.25, 0.3) is 0 Å². The summed E-state index contributed by atoms with van der Waals surface area (Å²) in [6, 6.07) is 9.90. The van der Waals surface area contributed by atoms with E-state index in [1.165, 1.54) is 11.8 Å². The molecule has 0 fully saturated rings.